The van der Waals surface area contributed by atoms with Gasteiger partial charge in [-0.15, -0.1) is 0 Å². The zero-order chi connectivity index (χ0) is 28.4. The van der Waals surface area contributed by atoms with Gasteiger partial charge in [-0.05, 0) is 59.6 Å². The van der Waals surface area contributed by atoms with E-state index in [1.807, 2.05) is 18.2 Å². The molecule has 40 heavy (non-hydrogen) atoms. The Hall–Kier alpha value is -2.75. The summed E-state index contributed by atoms with van der Waals surface area (Å²) in [6, 6.07) is 16.7. The average molecular weight is 551 g/mol. The van der Waals surface area contributed by atoms with Crippen molar-refractivity contribution in [2.24, 2.45) is 0 Å². The van der Waals surface area contributed by atoms with Crippen LogP contribution >= 0.6 is 0 Å². The summed E-state index contributed by atoms with van der Waals surface area (Å²) in [7, 11) is 0. The van der Waals surface area contributed by atoms with Crippen molar-refractivity contribution in [1.29, 1.82) is 0 Å². The minimum absolute atomic E-state index is 0.215. The molecular weight excluding hydrogens is 505 g/mol. The molecule has 3 aromatic rings. The van der Waals surface area contributed by atoms with E-state index in [1.54, 1.807) is 18.2 Å². The van der Waals surface area contributed by atoms with E-state index < -0.39 is 11.9 Å². The predicted molar refractivity (Wildman–Crippen MR) is 161 cm³/mol. The van der Waals surface area contributed by atoms with Crippen LogP contribution < -0.4 is 4.74 Å². The molecule has 1 aliphatic rings. The third-order valence-corrected chi connectivity index (χ3v) is 8.19. The number of benzene rings is 3. The second-order valence-electron chi connectivity index (χ2n) is 11.4. The molecule has 0 saturated heterocycles. The summed E-state index contributed by atoms with van der Waals surface area (Å²) in [4.78, 5) is 0. The first-order valence-electron chi connectivity index (χ1n) is 15.6. The zero-order valence-corrected chi connectivity index (χ0v) is 24.3. The van der Waals surface area contributed by atoms with Gasteiger partial charge in [0.25, 0.3) is 0 Å². The van der Waals surface area contributed by atoms with Crippen molar-refractivity contribution in [2.75, 3.05) is 0 Å². The smallest absolute Gasteiger partial charge is 0.425 e. The normalized spacial score (nSPS) is 13.5. The first-order valence-corrected chi connectivity index (χ1v) is 15.6. The van der Waals surface area contributed by atoms with Gasteiger partial charge in [-0.25, -0.2) is 4.39 Å². The molecule has 0 N–H and O–H groups in total. The Kier molecular flexibility index (Phi) is 11.1. The lowest BCUT2D eigenvalue weighted by molar-refractivity contribution is -0.188. The van der Waals surface area contributed by atoms with Gasteiger partial charge in [0, 0.05) is 5.56 Å². The molecule has 1 aliphatic heterocycles. The summed E-state index contributed by atoms with van der Waals surface area (Å²) >= 11 is 0. The van der Waals surface area contributed by atoms with Crippen LogP contribution in [0, 0.1) is 5.82 Å². The highest BCUT2D eigenvalue weighted by Gasteiger charge is 2.43. The molecule has 1 nitrogen and oxygen atoms in total. The second kappa shape index (κ2) is 14.8. The molecule has 216 valence electrons. The van der Waals surface area contributed by atoms with Gasteiger partial charge in [-0.3, -0.25) is 0 Å². The molecule has 0 unspecified atom stereocenters. The van der Waals surface area contributed by atoms with Crippen LogP contribution in [0.2, 0.25) is 0 Å². The first kappa shape index (κ1) is 30.2. The minimum atomic E-state index is -3.60. The molecule has 0 radical (unpaired) electrons. The highest BCUT2D eigenvalue weighted by atomic mass is 19.3. The van der Waals surface area contributed by atoms with Crippen molar-refractivity contribution < 1.29 is 17.9 Å². The van der Waals surface area contributed by atoms with Gasteiger partial charge in [0.2, 0.25) is 0 Å². The second-order valence-corrected chi connectivity index (χ2v) is 11.4. The molecule has 0 aliphatic carbocycles. The van der Waals surface area contributed by atoms with Crippen molar-refractivity contribution >= 4 is 0 Å². The molecule has 0 fully saturated rings. The number of unbranched alkanes of at least 4 members (excludes halogenated alkanes) is 11. The lowest BCUT2D eigenvalue weighted by atomic mass is 9.90. The molecule has 4 heteroatoms. The van der Waals surface area contributed by atoms with Crippen LogP contribution in [-0.2, 0) is 19.0 Å². The Morgan fingerprint density at radius 3 is 1.80 bits per heavy atom. The van der Waals surface area contributed by atoms with E-state index in [2.05, 4.69) is 26.0 Å². The van der Waals surface area contributed by atoms with Crippen LogP contribution in [0.5, 0.6) is 5.75 Å². The molecule has 0 atom stereocenters. The molecule has 1 heterocycles. The highest BCUT2D eigenvalue weighted by Crippen LogP contribution is 2.49. The van der Waals surface area contributed by atoms with Gasteiger partial charge in [-0.2, -0.15) is 8.78 Å². The lowest BCUT2D eigenvalue weighted by Gasteiger charge is -2.29. The molecule has 0 aromatic heterocycles. The van der Waals surface area contributed by atoms with Gasteiger partial charge >= 0.3 is 6.11 Å². The maximum atomic E-state index is 15.4. The molecule has 0 spiro atoms. The summed E-state index contributed by atoms with van der Waals surface area (Å²) in [5.41, 5.74) is 3.80. The van der Waals surface area contributed by atoms with E-state index in [9.17, 15) is 0 Å². The number of halogens is 3. The van der Waals surface area contributed by atoms with Crippen molar-refractivity contribution in [3.8, 4) is 28.0 Å². The van der Waals surface area contributed by atoms with Crippen LogP contribution in [0.4, 0.5) is 13.2 Å². The van der Waals surface area contributed by atoms with E-state index in [0.717, 1.165) is 31.2 Å². The van der Waals surface area contributed by atoms with E-state index in [0.29, 0.717) is 28.7 Å². The monoisotopic (exact) mass is 550 g/mol. The van der Waals surface area contributed by atoms with E-state index in [4.69, 9.17) is 4.74 Å². The van der Waals surface area contributed by atoms with E-state index in [1.165, 1.54) is 75.8 Å². The fraction of sp³-hybridized carbons (Fsp3) is 0.500. The van der Waals surface area contributed by atoms with Crippen molar-refractivity contribution in [2.45, 2.75) is 116 Å². The van der Waals surface area contributed by atoms with Crippen LogP contribution in [0.3, 0.4) is 0 Å². The fourth-order valence-electron chi connectivity index (χ4n) is 5.73. The zero-order valence-electron chi connectivity index (χ0n) is 24.3. The number of hydrogen-bond acceptors (Lipinski definition) is 1. The number of fused-ring (bicyclic) bond motifs is 3. The number of aryl methyl sites for hydroxylation is 2. The number of alkyl halides is 2. The maximum absolute atomic E-state index is 15.4. The molecule has 4 rings (SSSR count). The Balaban J connectivity index is 1.43. The largest absolute Gasteiger partial charge is 0.427 e. The Morgan fingerprint density at radius 2 is 1.15 bits per heavy atom. The van der Waals surface area contributed by atoms with Crippen molar-refractivity contribution in [3.63, 3.8) is 0 Å². The van der Waals surface area contributed by atoms with E-state index >= 15 is 13.2 Å². The summed E-state index contributed by atoms with van der Waals surface area (Å²) in [6.07, 6.45) is 13.4. The topological polar surface area (TPSA) is 9.23 Å². The first-order chi connectivity index (χ1) is 19.4. The maximum Gasteiger partial charge on any atom is 0.427 e. The number of ether oxygens (including phenoxy) is 1. The van der Waals surface area contributed by atoms with E-state index in [-0.39, 0.29) is 11.3 Å². The van der Waals surface area contributed by atoms with Gasteiger partial charge in [0.05, 0.1) is 5.56 Å². The Morgan fingerprint density at radius 1 is 0.600 bits per heavy atom. The number of hydrogen-bond donors (Lipinski definition) is 0. The molecule has 3 aromatic carbocycles. The van der Waals surface area contributed by atoms with Crippen molar-refractivity contribution in [3.05, 3.63) is 77.1 Å². The molecule has 0 bridgehead atoms. The summed E-state index contributed by atoms with van der Waals surface area (Å²) in [6.45, 7) is 4.42. The minimum Gasteiger partial charge on any atom is -0.425 e. The lowest BCUT2D eigenvalue weighted by Crippen LogP contribution is -2.27. The van der Waals surface area contributed by atoms with Gasteiger partial charge in [-0.1, -0.05) is 133 Å². The van der Waals surface area contributed by atoms with Crippen molar-refractivity contribution in [1.82, 2.24) is 0 Å². The van der Waals surface area contributed by atoms with Crippen LogP contribution in [0.15, 0.2) is 54.6 Å². The molecular formula is C36H45F3O. The van der Waals surface area contributed by atoms with Gasteiger partial charge in [0.1, 0.15) is 0 Å². The Bertz CT molecular complexity index is 1220. The van der Waals surface area contributed by atoms with Crippen LogP contribution in [0.25, 0.3) is 22.3 Å². The SMILES string of the molecule is CCCCCCCCCCc1ccc2c(c1F)OC(F)(F)c1cc(-c3ccc(CCCCCCC)cc3)ccc1-2. The summed E-state index contributed by atoms with van der Waals surface area (Å²) in [5.74, 6) is -0.981. The quantitative estimate of drug-likeness (QED) is 0.161. The highest BCUT2D eigenvalue weighted by molar-refractivity contribution is 5.80. The predicted octanol–water partition coefficient (Wildman–Crippen LogP) is 11.8. The number of rotatable bonds is 16. The fourth-order valence-corrected chi connectivity index (χ4v) is 5.73. The van der Waals surface area contributed by atoms with Gasteiger partial charge in [0.15, 0.2) is 11.6 Å². The Labute approximate surface area is 239 Å². The third kappa shape index (κ3) is 7.71. The van der Waals surface area contributed by atoms with Gasteiger partial charge < -0.3 is 4.74 Å². The van der Waals surface area contributed by atoms with Crippen LogP contribution in [-0.4, -0.2) is 0 Å². The summed E-state index contributed by atoms with van der Waals surface area (Å²) < 4.78 is 51.0. The third-order valence-electron chi connectivity index (χ3n) is 8.19. The standard InChI is InChI=1S/C36H45F3O/c1-3-5-7-9-10-11-13-15-17-29-22-25-32-31-24-23-30(26-33(31)36(38,39)40-35(32)34(29)37)28-20-18-27(19-21-28)16-14-12-8-6-4-2/h18-26H,3-17H2,1-2H3. The van der Waals surface area contributed by atoms with Crippen LogP contribution in [0.1, 0.15) is 114 Å². The molecule has 0 saturated carbocycles. The summed E-state index contributed by atoms with van der Waals surface area (Å²) in [5, 5.41) is 0. The average Bonchev–Trinajstić information content (AvgIpc) is 2.96. The molecule has 0 amide bonds.